The molecule has 0 aromatic carbocycles. The minimum Gasteiger partial charge on any atom is -0.468 e. The molecule has 0 aliphatic carbocycles. The molecule has 1 rings (SSSR count). The summed E-state index contributed by atoms with van der Waals surface area (Å²) in [5.74, 6) is -0.434. The smallest absolute Gasteiger partial charge is 0.346 e. The van der Waals surface area contributed by atoms with Crippen molar-refractivity contribution in [1.29, 1.82) is 0 Å². The zero-order valence-electron chi connectivity index (χ0n) is 11.7. The molecular weight excluding hydrogens is 252 g/mol. The summed E-state index contributed by atoms with van der Waals surface area (Å²) in [7, 11) is 4.08. The highest BCUT2D eigenvalue weighted by Gasteiger charge is 2.21. The summed E-state index contributed by atoms with van der Waals surface area (Å²) in [5, 5.41) is 3.93. The first-order valence-corrected chi connectivity index (χ1v) is 5.77. The molecule has 0 bridgehead atoms. The van der Waals surface area contributed by atoms with Crippen LogP contribution in [-0.4, -0.2) is 40.0 Å². The van der Waals surface area contributed by atoms with Crippen LogP contribution in [0.5, 0.6) is 0 Å². The number of nitrogens with zero attached hydrogens (tertiary/aromatic N) is 4. The third-order valence-electron chi connectivity index (χ3n) is 2.73. The van der Waals surface area contributed by atoms with E-state index in [-0.39, 0.29) is 18.4 Å². The molecule has 19 heavy (non-hydrogen) atoms. The Morgan fingerprint density at radius 2 is 1.95 bits per heavy atom. The summed E-state index contributed by atoms with van der Waals surface area (Å²) < 4.78 is 6.60. The Morgan fingerprint density at radius 1 is 1.37 bits per heavy atom. The number of carbonyl (C=O) groups is 1. The van der Waals surface area contributed by atoms with Crippen LogP contribution >= 0.6 is 0 Å². The monoisotopic (exact) mass is 270 g/mol. The fourth-order valence-corrected chi connectivity index (χ4v) is 1.57. The third-order valence-corrected chi connectivity index (χ3v) is 2.73. The molecule has 8 heteroatoms. The third kappa shape index (κ3) is 3.01. The highest BCUT2D eigenvalue weighted by Crippen LogP contribution is 2.07. The Morgan fingerprint density at radius 3 is 2.42 bits per heavy atom. The van der Waals surface area contributed by atoms with Crippen molar-refractivity contribution in [3.05, 3.63) is 20.8 Å². The van der Waals surface area contributed by atoms with Crippen LogP contribution in [0.15, 0.2) is 9.59 Å². The maximum Gasteiger partial charge on any atom is 0.346 e. The molecule has 0 saturated carbocycles. The number of esters is 1. The number of aryl methyl sites for hydroxylation is 1. The first kappa shape index (κ1) is 14.9. The Hall–Kier alpha value is -2.12. The van der Waals surface area contributed by atoms with E-state index in [9.17, 15) is 14.4 Å². The highest BCUT2D eigenvalue weighted by atomic mass is 16.5. The van der Waals surface area contributed by atoms with Gasteiger partial charge in [0.1, 0.15) is 6.54 Å². The second-order valence-electron chi connectivity index (χ2n) is 4.39. The van der Waals surface area contributed by atoms with E-state index in [0.717, 1.165) is 9.25 Å². The van der Waals surface area contributed by atoms with Crippen LogP contribution in [0, 0.1) is 0 Å². The summed E-state index contributed by atoms with van der Waals surface area (Å²) in [4.78, 5) is 36.5. The van der Waals surface area contributed by atoms with Crippen LogP contribution in [0.25, 0.3) is 0 Å². The van der Waals surface area contributed by atoms with E-state index < -0.39 is 17.2 Å². The number of anilines is 1. The molecular formula is C11H18N4O4. The lowest BCUT2D eigenvalue weighted by Crippen LogP contribution is -2.46. The average Bonchev–Trinajstić information content (AvgIpc) is 2.37. The summed E-state index contributed by atoms with van der Waals surface area (Å²) in [6.07, 6.45) is 0. The molecule has 0 amide bonds. The predicted molar refractivity (Wildman–Crippen MR) is 69.2 cm³/mol. The summed E-state index contributed by atoms with van der Waals surface area (Å²) >= 11 is 0. The van der Waals surface area contributed by atoms with Gasteiger partial charge >= 0.3 is 11.7 Å². The number of hydrogen-bond acceptors (Lipinski definition) is 6. The van der Waals surface area contributed by atoms with Gasteiger partial charge in [-0.3, -0.25) is 14.2 Å². The van der Waals surface area contributed by atoms with E-state index in [1.54, 1.807) is 0 Å². The van der Waals surface area contributed by atoms with E-state index >= 15 is 0 Å². The van der Waals surface area contributed by atoms with Crippen molar-refractivity contribution in [2.24, 2.45) is 14.1 Å². The Bertz CT molecular complexity index is 587. The summed E-state index contributed by atoms with van der Waals surface area (Å²) in [5.41, 5.74) is -1.06. The lowest BCUT2D eigenvalue weighted by Gasteiger charge is -2.26. The summed E-state index contributed by atoms with van der Waals surface area (Å²) in [6, 6.07) is -0.142. The molecule has 1 aromatic heterocycles. The van der Waals surface area contributed by atoms with Gasteiger partial charge in [0.15, 0.2) is 0 Å². The largest absolute Gasteiger partial charge is 0.468 e. The SMILES string of the molecule is COC(=O)CN(c1nn(C)c(=O)n(C)c1=O)C(C)C. The number of aromatic nitrogens is 3. The molecule has 0 aliphatic rings. The molecule has 0 atom stereocenters. The van der Waals surface area contributed by atoms with Gasteiger partial charge in [0, 0.05) is 20.1 Å². The van der Waals surface area contributed by atoms with Gasteiger partial charge in [0.25, 0.3) is 5.56 Å². The first-order valence-electron chi connectivity index (χ1n) is 5.77. The maximum absolute atomic E-state index is 12.1. The van der Waals surface area contributed by atoms with Gasteiger partial charge < -0.3 is 9.64 Å². The Balaban J connectivity index is 3.36. The molecule has 0 saturated heterocycles. The second kappa shape index (κ2) is 5.68. The number of rotatable bonds is 4. The molecule has 0 unspecified atom stereocenters. The fraction of sp³-hybridized carbons (Fsp3) is 0.636. The summed E-state index contributed by atoms with van der Waals surface area (Å²) in [6.45, 7) is 3.53. The van der Waals surface area contributed by atoms with Crippen molar-refractivity contribution < 1.29 is 9.53 Å². The topological polar surface area (TPSA) is 86.4 Å². The molecule has 1 aromatic rings. The average molecular weight is 270 g/mol. The quantitative estimate of drug-likeness (QED) is 0.643. The van der Waals surface area contributed by atoms with Gasteiger partial charge in [-0.05, 0) is 13.8 Å². The van der Waals surface area contributed by atoms with Crippen LogP contribution in [0.3, 0.4) is 0 Å². The van der Waals surface area contributed by atoms with Crippen LogP contribution in [0.2, 0.25) is 0 Å². The minimum absolute atomic E-state index is 0.0463. The van der Waals surface area contributed by atoms with Gasteiger partial charge in [0.05, 0.1) is 7.11 Å². The maximum atomic E-state index is 12.1. The molecule has 0 N–H and O–H groups in total. The number of methoxy groups -OCH3 is 1. The second-order valence-corrected chi connectivity index (χ2v) is 4.39. The van der Waals surface area contributed by atoms with Crippen molar-refractivity contribution in [2.45, 2.75) is 19.9 Å². The molecule has 0 spiro atoms. The van der Waals surface area contributed by atoms with Gasteiger partial charge in [0.2, 0.25) is 5.82 Å². The predicted octanol–water partition coefficient (Wildman–Crippen LogP) is -1.13. The highest BCUT2D eigenvalue weighted by molar-refractivity contribution is 5.75. The molecule has 0 aliphatic heterocycles. The van der Waals surface area contributed by atoms with Crippen LogP contribution in [-0.2, 0) is 23.6 Å². The lowest BCUT2D eigenvalue weighted by molar-refractivity contribution is -0.139. The van der Waals surface area contributed by atoms with Crippen molar-refractivity contribution in [2.75, 3.05) is 18.6 Å². The van der Waals surface area contributed by atoms with Gasteiger partial charge in [-0.2, -0.15) is 0 Å². The van der Waals surface area contributed by atoms with E-state index in [0.29, 0.717) is 0 Å². The van der Waals surface area contributed by atoms with Gasteiger partial charge in [-0.15, -0.1) is 5.10 Å². The van der Waals surface area contributed by atoms with Crippen LogP contribution < -0.4 is 16.1 Å². The van der Waals surface area contributed by atoms with E-state index in [2.05, 4.69) is 9.84 Å². The van der Waals surface area contributed by atoms with E-state index in [4.69, 9.17) is 0 Å². The standard InChI is InChI=1S/C11H18N4O4/c1-7(2)15(6-8(16)19-5)9-10(17)13(3)11(18)14(4)12-9/h7H,6H2,1-5H3. The van der Waals surface area contributed by atoms with Crippen LogP contribution in [0.4, 0.5) is 5.82 Å². The zero-order valence-corrected chi connectivity index (χ0v) is 11.7. The molecule has 0 fully saturated rings. The number of hydrogen-bond donors (Lipinski definition) is 0. The molecule has 106 valence electrons. The fourth-order valence-electron chi connectivity index (χ4n) is 1.57. The Kier molecular flexibility index (Phi) is 4.47. The van der Waals surface area contributed by atoms with Crippen molar-refractivity contribution in [3.63, 3.8) is 0 Å². The molecule has 0 radical (unpaired) electrons. The van der Waals surface area contributed by atoms with Crippen LogP contribution in [0.1, 0.15) is 13.8 Å². The molecule has 1 heterocycles. The van der Waals surface area contributed by atoms with Crippen molar-refractivity contribution in [3.8, 4) is 0 Å². The number of carbonyl (C=O) groups excluding carboxylic acids is 1. The lowest BCUT2D eigenvalue weighted by atomic mass is 10.3. The van der Waals surface area contributed by atoms with E-state index in [1.165, 1.54) is 26.1 Å². The zero-order chi connectivity index (χ0) is 14.7. The Labute approximate surface area is 110 Å². The van der Waals surface area contributed by atoms with Crippen molar-refractivity contribution >= 4 is 11.8 Å². The first-order chi connectivity index (χ1) is 8.79. The van der Waals surface area contributed by atoms with E-state index in [1.807, 2.05) is 13.8 Å². The molecule has 8 nitrogen and oxygen atoms in total. The normalized spacial score (nSPS) is 10.6. The minimum atomic E-state index is -0.541. The van der Waals surface area contributed by atoms with Crippen molar-refractivity contribution in [1.82, 2.24) is 14.3 Å². The van der Waals surface area contributed by atoms with Gasteiger partial charge in [-0.25, -0.2) is 9.48 Å². The number of ether oxygens (including phenoxy) is 1. The van der Waals surface area contributed by atoms with Gasteiger partial charge in [-0.1, -0.05) is 0 Å².